The predicted molar refractivity (Wildman–Crippen MR) is 73.2 cm³/mol. The first-order chi connectivity index (χ1) is 9.18. The summed E-state index contributed by atoms with van der Waals surface area (Å²) in [5.74, 6) is -0.150. The first kappa shape index (κ1) is 12.1. The molecular formula is C15H16N2O2. The average Bonchev–Trinajstić information content (AvgIpc) is 2.44. The van der Waals surface area contributed by atoms with Crippen LogP contribution in [0.4, 0.5) is 0 Å². The fourth-order valence-electron chi connectivity index (χ4n) is 2.80. The van der Waals surface area contributed by atoms with E-state index in [9.17, 15) is 9.59 Å². The van der Waals surface area contributed by atoms with Gasteiger partial charge in [-0.1, -0.05) is 18.6 Å². The minimum absolute atomic E-state index is 0.140. The fraction of sp³-hybridized carbons (Fsp3) is 0.400. The Morgan fingerprint density at radius 1 is 1.21 bits per heavy atom. The number of aryl methyl sites for hydroxylation is 1. The summed E-state index contributed by atoms with van der Waals surface area (Å²) < 4.78 is 1.60. The maximum absolute atomic E-state index is 12.4. The van der Waals surface area contributed by atoms with Crippen LogP contribution in [0.5, 0.6) is 0 Å². The van der Waals surface area contributed by atoms with Crippen LogP contribution in [-0.2, 0) is 11.8 Å². The Kier molecular flexibility index (Phi) is 2.93. The van der Waals surface area contributed by atoms with Crippen molar-refractivity contribution in [3.05, 3.63) is 40.3 Å². The van der Waals surface area contributed by atoms with E-state index in [4.69, 9.17) is 0 Å². The number of hydrogen-bond acceptors (Lipinski definition) is 3. The molecule has 98 valence electrons. The van der Waals surface area contributed by atoms with Gasteiger partial charge in [0.2, 0.25) is 0 Å². The second-order valence-electron chi connectivity index (χ2n) is 5.11. The van der Waals surface area contributed by atoms with Gasteiger partial charge in [0.25, 0.3) is 5.56 Å². The molecule has 1 aliphatic carbocycles. The molecule has 0 radical (unpaired) electrons. The van der Waals surface area contributed by atoms with Crippen molar-refractivity contribution in [2.24, 2.45) is 7.05 Å². The molecule has 1 atom stereocenters. The molecule has 3 rings (SSSR count). The SMILES string of the molecule is Cn1c(=O)c(C2CCCCC2=O)nc2ccccc21. The van der Waals surface area contributed by atoms with Crippen LogP contribution in [-0.4, -0.2) is 15.3 Å². The number of nitrogens with zero attached hydrogens (tertiary/aromatic N) is 2. The minimum Gasteiger partial charge on any atom is -0.308 e. The molecule has 1 fully saturated rings. The molecule has 0 aliphatic heterocycles. The highest BCUT2D eigenvalue weighted by molar-refractivity contribution is 5.86. The highest BCUT2D eigenvalue weighted by atomic mass is 16.1. The zero-order valence-electron chi connectivity index (χ0n) is 10.9. The molecule has 0 bridgehead atoms. The summed E-state index contributed by atoms with van der Waals surface area (Å²) in [5.41, 5.74) is 1.86. The van der Waals surface area contributed by atoms with Gasteiger partial charge < -0.3 is 4.57 Å². The highest BCUT2D eigenvalue weighted by Crippen LogP contribution is 2.27. The Morgan fingerprint density at radius 3 is 2.79 bits per heavy atom. The van der Waals surface area contributed by atoms with E-state index in [2.05, 4.69) is 4.98 Å². The number of Topliss-reactive ketones (excluding diaryl/α,β-unsaturated/α-hetero) is 1. The lowest BCUT2D eigenvalue weighted by molar-refractivity contribution is -0.122. The topological polar surface area (TPSA) is 52.0 Å². The Morgan fingerprint density at radius 2 is 2.00 bits per heavy atom. The largest absolute Gasteiger partial charge is 0.308 e. The predicted octanol–water partition coefficient (Wildman–Crippen LogP) is 2.16. The molecule has 0 amide bonds. The summed E-state index contributed by atoms with van der Waals surface area (Å²) in [7, 11) is 1.74. The third kappa shape index (κ3) is 1.97. The van der Waals surface area contributed by atoms with E-state index in [0.29, 0.717) is 12.1 Å². The van der Waals surface area contributed by atoms with Gasteiger partial charge in [-0.05, 0) is 25.0 Å². The number of rotatable bonds is 1. The van der Waals surface area contributed by atoms with Crippen LogP contribution < -0.4 is 5.56 Å². The molecule has 1 saturated carbocycles. The Balaban J connectivity index is 2.21. The van der Waals surface area contributed by atoms with E-state index < -0.39 is 0 Å². The van der Waals surface area contributed by atoms with Gasteiger partial charge in [0.05, 0.1) is 17.0 Å². The molecule has 0 spiro atoms. The molecule has 1 unspecified atom stereocenters. The van der Waals surface area contributed by atoms with Gasteiger partial charge in [0.15, 0.2) is 0 Å². The van der Waals surface area contributed by atoms with Crippen molar-refractivity contribution in [3.63, 3.8) is 0 Å². The third-order valence-electron chi connectivity index (χ3n) is 3.89. The third-order valence-corrected chi connectivity index (χ3v) is 3.89. The number of carbonyl (C=O) groups is 1. The first-order valence-electron chi connectivity index (χ1n) is 6.67. The zero-order chi connectivity index (χ0) is 13.4. The fourth-order valence-corrected chi connectivity index (χ4v) is 2.80. The molecule has 4 nitrogen and oxygen atoms in total. The lowest BCUT2D eigenvalue weighted by atomic mass is 9.85. The molecule has 0 N–H and O–H groups in total. The number of hydrogen-bond donors (Lipinski definition) is 0. The molecule has 19 heavy (non-hydrogen) atoms. The average molecular weight is 256 g/mol. The standard InChI is InChI=1S/C15H16N2O2/c1-17-12-8-4-3-7-11(12)16-14(15(17)19)10-6-2-5-9-13(10)18/h3-4,7-8,10H,2,5-6,9H2,1H3. The van der Waals surface area contributed by atoms with E-state index in [-0.39, 0.29) is 17.3 Å². The van der Waals surface area contributed by atoms with Crippen LogP contribution in [0.25, 0.3) is 11.0 Å². The lowest BCUT2D eigenvalue weighted by Gasteiger charge is -2.20. The molecule has 1 aromatic carbocycles. The molecule has 4 heteroatoms. The van der Waals surface area contributed by atoms with Crippen molar-refractivity contribution in [1.29, 1.82) is 0 Å². The molecule has 1 aromatic heterocycles. The number of fused-ring (bicyclic) bond motifs is 1. The van der Waals surface area contributed by atoms with Gasteiger partial charge >= 0.3 is 0 Å². The minimum atomic E-state index is -0.308. The van der Waals surface area contributed by atoms with Gasteiger partial charge in [-0.2, -0.15) is 0 Å². The van der Waals surface area contributed by atoms with E-state index in [1.165, 1.54) is 0 Å². The van der Waals surface area contributed by atoms with Crippen molar-refractivity contribution < 1.29 is 4.79 Å². The van der Waals surface area contributed by atoms with E-state index in [1.54, 1.807) is 11.6 Å². The number of para-hydroxylation sites is 2. The summed E-state index contributed by atoms with van der Waals surface area (Å²) in [4.78, 5) is 28.8. The monoisotopic (exact) mass is 256 g/mol. The number of ketones is 1. The van der Waals surface area contributed by atoms with Crippen LogP contribution >= 0.6 is 0 Å². The van der Waals surface area contributed by atoms with Crippen LogP contribution in [0.2, 0.25) is 0 Å². The normalized spacial score (nSPS) is 19.8. The van der Waals surface area contributed by atoms with E-state index in [1.807, 2.05) is 24.3 Å². The van der Waals surface area contributed by atoms with Gasteiger partial charge in [-0.25, -0.2) is 4.98 Å². The number of benzene rings is 1. The lowest BCUT2D eigenvalue weighted by Crippen LogP contribution is -2.30. The van der Waals surface area contributed by atoms with Crippen molar-refractivity contribution in [1.82, 2.24) is 9.55 Å². The van der Waals surface area contributed by atoms with Gasteiger partial charge in [0, 0.05) is 13.5 Å². The van der Waals surface area contributed by atoms with Crippen molar-refractivity contribution in [3.8, 4) is 0 Å². The molecule has 2 aromatic rings. The van der Waals surface area contributed by atoms with E-state index >= 15 is 0 Å². The Labute approximate surface area is 111 Å². The van der Waals surface area contributed by atoms with E-state index in [0.717, 1.165) is 30.3 Å². The van der Waals surface area contributed by atoms with Gasteiger partial charge in [-0.15, -0.1) is 0 Å². The second kappa shape index (κ2) is 4.61. The molecule has 1 heterocycles. The highest BCUT2D eigenvalue weighted by Gasteiger charge is 2.28. The first-order valence-corrected chi connectivity index (χ1v) is 6.67. The van der Waals surface area contributed by atoms with Gasteiger partial charge in [0.1, 0.15) is 11.5 Å². The summed E-state index contributed by atoms with van der Waals surface area (Å²) in [6.07, 6.45) is 3.25. The molecular weight excluding hydrogens is 240 g/mol. The maximum Gasteiger partial charge on any atom is 0.273 e. The summed E-state index contributed by atoms with van der Waals surface area (Å²) in [5, 5.41) is 0. The van der Waals surface area contributed by atoms with Crippen LogP contribution in [0.3, 0.4) is 0 Å². The Hall–Kier alpha value is -1.97. The second-order valence-corrected chi connectivity index (χ2v) is 5.11. The summed E-state index contributed by atoms with van der Waals surface area (Å²) in [6, 6.07) is 7.53. The number of aromatic nitrogens is 2. The molecule has 1 aliphatic rings. The van der Waals surface area contributed by atoms with Gasteiger partial charge in [-0.3, -0.25) is 9.59 Å². The summed E-state index contributed by atoms with van der Waals surface area (Å²) >= 11 is 0. The number of carbonyl (C=O) groups excluding carboxylic acids is 1. The maximum atomic E-state index is 12.4. The molecule has 0 saturated heterocycles. The van der Waals surface area contributed by atoms with Crippen molar-refractivity contribution in [2.45, 2.75) is 31.6 Å². The van der Waals surface area contributed by atoms with Crippen molar-refractivity contribution in [2.75, 3.05) is 0 Å². The zero-order valence-corrected chi connectivity index (χ0v) is 10.9. The Bertz CT molecular complexity index is 703. The van der Waals surface area contributed by atoms with Crippen LogP contribution in [0.15, 0.2) is 29.1 Å². The smallest absolute Gasteiger partial charge is 0.273 e. The quantitative estimate of drug-likeness (QED) is 0.785. The summed E-state index contributed by atoms with van der Waals surface area (Å²) in [6.45, 7) is 0. The van der Waals surface area contributed by atoms with Crippen LogP contribution in [0, 0.1) is 0 Å². The van der Waals surface area contributed by atoms with Crippen LogP contribution in [0.1, 0.15) is 37.3 Å². The van der Waals surface area contributed by atoms with Crippen molar-refractivity contribution >= 4 is 16.8 Å².